The first-order chi connectivity index (χ1) is 9.36. The van der Waals surface area contributed by atoms with E-state index < -0.39 is 0 Å². The summed E-state index contributed by atoms with van der Waals surface area (Å²) < 4.78 is 5.16. The largest absolute Gasteiger partial charge is 0.467 e. The normalized spacial score (nSPS) is 13.7. The zero-order chi connectivity index (χ0) is 13.1. The Morgan fingerprint density at radius 2 is 2.11 bits per heavy atom. The minimum Gasteiger partial charge on any atom is -0.467 e. The van der Waals surface area contributed by atoms with Crippen LogP contribution in [0.4, 0.5) is 11.5 Å². The van der Waals surface area contributed by atoms with Gasteiger partial charge in [-0.15, -0.1) is 0 Å². The van der Waals surface area contributed by atoms with E-state index in [4.69, 9.17) is 4.74 Å². The van der Waals surface area contributed by atoms with Gasteiger partial charge in [0.25, 0.3) is 0 Å². The van der Waals surface area contributed by atoms with Crippen LogP contribution in [-0.4, -0.2) is 28.6 Å². The summed E-state index contributed by atoms with van der Waals surface area (Å²) in [6.07, 6.45) is 4.37. The van der Waals surface area contributed by atoms with Crippen LogP contribution in [0.1, 0.15) is 11.3 Å². The van der Waals surface area contributed by atoms with Gasteiger partial charge < -0.3 is 15.4 Å². The fraction of sp³-hybridized carbons (Fsp3) is 0.308. The minimum absolute atomic E-state index is 0.400. The number of hydrogen-bond donors (Lipinski definition) is 2. The summed E-state index contributed by atoms with van der Waals surface area (Å²) in [5.41, 5.74) is 3.09. The molecule has 0 unspecified atom stereocenters. The summed E-state index contributed by atoms with van der Waals surface area (Å²) in [7, 11) is 1.58. The lowest BCUT2D eigenvalue weighted by Gasteiger charge is -2.20. The van der Waals surface area contributed by atoms with E-state index in [1.807, 2.05) is 12.1 Å². The molecule has 1 aliphatic rings. The minimum atomic E-state index is 0.400. The average Bonchev–Trinajstić information content (AvgIpc) is 2.48. The van der Waals surface area contributed by atoms with Crippen LogP contribution in [0.25, 0.3) is 0 Å². The second kappa shape index (κ2) is 5.19. The second-order valence-electron chi connectivity index (χ2n) is 4.27. The molecular formula is C13H15N5O. The monoisotopic (exact) mass is 257 g/mol. The Hall–Kier alpha value is -2.21. The van der Waals surface area contributed by atoms with Gasteiger partial charge in [0, 0.05) is 43.2 Å². The van der Waals surface area contributed by atoms with Crippen molar-refractivity contribution in [2.45, 2.75) is 13.0 Å². The van der Waals surface area contributed by atoms with Gasteiger partial charge in [0.05, 0.1) is 12.8 Å². The van der Waals surface area contributed by atoms with E-state index in [2.05, 4.69) is 25.6 Å². The Kier molecular flexibility index (Phi) is 3.24. The van der Waals surface area contributed by atoms with Gasteiger partial charge >= 0.3 is 6.01 Å². The van der Waals surface area contributed by atoms with Crippen molar-refractivity contribution < 1.29 is 4.74 Å². The Labute approximate surface area is 111 Å². The standard InChI is InChI=1S/C13H15N5O/c1-19-13-17-11-4-7-15-8-10(11)12(18-13)16-9-2-5-14-6-3-9/h2-3,5-6,15H,4,7-8H2,1H3,(H,14,16,17,18). The van der Waals surface area contributed by atoms with Crippen LogP contribution in [0.5, 0.6) is 6.01 Å². The lowest BCUT2D eigenvalue weighted by Crippen LogP contribution is -2.26. The van der Waals surface area contributed by atoms with Crippen molar-refractivity contribution in [3.8, 4) is 6.01 Å². The smallest absolute Gasteiger partial charge is 0.318 e. The molecule has 0 bridgehead atoms. The summed E-state index contributed by atoms with van der Waals surface area (Å²) in [4.78, 5) is 12.8. The molecule has 0 spiro atoms. The van der Waals surface area contributed by atoms with Gasteiger partial charge in [-0.25, -0.2) is 0 Å². The van der Waals surface area contributed by atoms with Crippen molar-refractivity contribution in [1.82, 2.24) is 20.3 Å². The topological polar surface area (TPSA) is 72.0 Å². The molecule has 98 valence electrons. The lowest BCUT2D eigenvalue weighted by molar-refractivity contribution is 0.377. The van der Waals surface area contributed by atoms with Gasteiger partial charge in [-0.1, -0.05) is 0 Å². The third kappa shape index (κ3) is 2.48. The number of hydrogen-bond acceptors (Lipinski definition) is 6. The van der Waals surface area contributed by atoms with E-state index in [1.165, 1.54) is 0 Å². The Balaban J connectivity index is 1.99. The first-order valence-corrected chi connectivity index (χ1v) is 6.18. The van der Waals surface area contributed by atoms with Crippen LogP contribution in [0.15, 0.2) is 24.5 Å². The lowest BCUT2D eigenvalue weighted by atomic mass is 10.1. The van der Waals surface area contributed by atoms with E-state index in [1.54, 1.807) is 19.5 Å². The Morgan fingerprint density at radius 3 is 2.89 bits per heavy atom. The van der Waals surface area contributed by atoms with Crippen molar-refractivity contribution in [3.05, 3.63) is 35.8 Å². The fourth-order valence-electron chi connectivity index (χ4n) is 2.09. The third-order valence-electron chi connectivity index (χ3n) is 3.04. The van der Waals surface area contributed by atoms with Crippen LogP contribution >= 0.6 is 0 Å². The quantitative estimate of drug-likeness (QED) is 0.862. The number of ether oxygens (including phenoxy) is 1. The van der Waals surface area contributed by atoms with Crippen LogP contribution in [-0.2, 0) is 13.0 Å². The molecular weight excluding hydrogens is 242 g/mol. The van der Waals surface area contributed by atoms with Crippen molar-refractivity contribution in [2.75, 3.05) is 19.0 Å². The SMILES string of the molecule is COc1nc2c(c(Nc3ccncc3)n1)CNCC2. The second-order valence-corrected chi connectivity index (χ2v) is 4.27. The summed E-state index contributed by atoms with van der Waals surface area (Å²) >= 11 is 0. The summed E-state index contributed by atoms with van der Waals surface area (Å²) in [5.74, 6) is 0.792. The molecule has 0 amide bonds. The molecule has 3 rings (SSSR count). The van der Waals surface area contributed by atoms with Crippen molar-refractivity contribution in [3.63, 3.8) is 0 Å². The van der Waals surface area contributed by atoms with Gasteiger partial charge in [0.2, 0.25) is 0 Å². The first-order valence-electron chi connectivity index (χ1n) is 6.18. The molecule has 2 aromatic heterocycles. The van der Waals surface area contributed by atoms with E-state index >= 15 is 0 Å². The highest BCUT2D eigenvalue weighted by atomic mass is 16.5. The summed E-state index contributed by atoms with van der Waals surface area (Å²) in [6, 6.07) is 4.20. The maximum atomic E-state index is 5.16. The third-order valence-corrected chi connectivity index (χ3v) is 3.04. The number of rotatable bonds is 3. The van der Waals surface area contributed by atoms with Crippen molar-refractivity contribution in [2.24, 2.45) is 0 Å². The molecule has 6 nitrogen and oxygen atoms in total. The van der Waals surface area contributed by atoms with E-state index in [-0.39, 0.29) is 0 Å². The molecule has 0 fully saturated rings. The highest BCUT2D eigenvalue weighted by Crippen LogP contribution is 2.25. The molecule has 19 heavy (non-hydrogen) atoms. The number of pyridine rings is 1. The number of fused-ring (bicyclic) bond motifs is 1. The van der Waals surface area contributed by atoms with Gasteiger partial charge in [-0.05, 0) is 12.1 Å². The maximum absolute atomic E-state index is 5.16. The number of nitrogens with zero attached hydrogens (tertiary/aromatic N) is 3. The van der Waals surface area contributed by atoms with Crippen LogP contribution in [0.3, 0.4) is 0 Å². The van der Waals surface area contributed by atoms with Gasteiger partial charge in [-0.2, -0.15) is 9.97 Å². The van der Waals surface area contributed by atoms with Crippen molar-refractivity contribution in [1.29, 1.82) is 0 Å². The predicted molar refractivity (Wildman–Crippen MR) is 71.5 cm³/mol. The number of aromatic nitrogens is 3. The Morgan fingerprint density at radius 1 is 1.26 bits per heavy atom. The molecule has 0 aliphatic carbocycles. The summed E-state index contributed by atoms with van der Waals surface area (Å²) in [6.45, 7) is 1.70. The molecule has 3 heterocycles. The zero-order valence-electron chi connectivity index (χ0n) is 10.7. The Bertz CT molecular complexity index is 573. The molecule has 0 saturated carbocycles. The molecule has 1 aliphatic heterocycles. The van der Waals surface area contributed by atoms with E-state index in [0.717, 1.165) is 42.3 Å². The molecule has 0 radical (unpaired) electrons. The number of anilines is 2. The van der Waals surface area contributed by atoms with Crippen LogP contribution < -0.4 is 15.4 Å². The van der Waals surface area contributed by atoms with Crippen molar-refractivity contribution >= 4 is 11.5 Å². The van der Waals surface area contributed by atoms with E-state index in [0.29, 0.717) is 6.01 Å². The van der Waals surface area contributed by atoms with Crippen LogP contribution in [0.2, 0.25) is 0 Å². The molecule has 0 atom stereocenters. The predicted octanol–water partition coefficient (Wildman–Crippen LogP) is 1.27. The number of methoxy groups -OCH3 is 1. The fourth-order valence-corrected chi connectivity index (χ4v) is 2.09. The highest BCUT2D eigenvalue weighted by Gasteiger charge is 2.17. The molecule has 0 saturated heterocycles. The summed E-state index contributed by atoms with van der Waals surface area (Å²) in [5, 5.41) is 6.63. The maximum Gasteiger partial charge on any atom is 0.318 e. The van der Waals surface area contributed by atoms with Gasteiger partial charge in [-0.3, -0.25) is 4.98 Å². The highest BCUT2D eigenvalue weighted by molar-refractivity contribution is 5.60. The van der Waals surface area contributed by atoms with E-state index in [9.17, 15) is 0 Å². The number of nitrogens with one attached hydrogen (secondary N) is 2. The molecule has 6 heteroatoms. The van der Waals surface area contributed by atoms with Gasteiger partial charge in [0.1, 0.15) is 5.82 Å². The molecule has 2 aromatic rings. The molecule has 2 N–H and O–H groups in total. The van der Waals surface area contributed by atoms with Gasteiger partial charge in [0.15, 0.2) is 0 Å². The van der Waals surface area contributed by atoms with Crippen LogP contribution in [0, 0.1) is 0 Å². The zero-order valence-corrected chi connectivity index (χ0v) is 10.7. The first kappa shape index (κ1) is 11.9. The molecule has 0 aromatic carbocycles. The average molecular weight is 257 g/mol.